The number of nitrogens with zero attached hydrogens (tertiary/aromatic N) is 1. The van der Waals surface area contributed by atoms with E-state index in [0.29, 0.717) is 18.7 Å². The number of para-hydroxylation sites is 1. The summed E-state index contributed by atoms with van der Waals surface area (Å²) in [7, 11) is 0. The van der Waals surface area contributed by atoms with Gasteiger partial charge in [0, 0.05) is 17.8 Å². The Hall–Kier alpha value is -3.78. The van der Waals surface area contributed by atoms with Crippen LogP contribution in [-0.2, 0) is 17.9 Å². The van der Waals surface area contributed by atoms with Crippen LogP contribution < -0.4 is 15.4 Å². The van der Waals surface area contributed by atoms with Crippen LogP contribution >= 0.6 is 0 Å². The van der Waals surface area contributed by atoms with E-state index in [1.165, 1.54) is 0 Å². The molecule has 0 radical (unpaired) electrons. The standard InChI is InChI=1S/C23H21N3O2/c24-14-18-10-12-21(13-11-18)25-16-23(27)26-15-20-8-4-5-9-22(20)28-17-19-6-2-1-3-7-19/h1-13,25H,15-17H2,(H,26,27). The van der Waals surface area contributed by atoms with Gasteiger partial charge >= 0.3 is 0 Å². The van der Waals surface area contributed by atoms with Gasteiger partial charge in [0.2, 0.25) is 5.91 Å². The maximum Gasteiger partial charge on any atom is 0.239 e. The first-order valence-corrected chi connectivity index (χ1v) is 9.00. The first-order chi connectivity index (χ1) is 13.7. The zero-order valence-electron chi connectivity index (χ0n) is 15.4. The van der Waals surface area contributed by atoms with Crippen LogP contribution in [0.15, 0.2) is 78.9 Å². The van der Waals surface area contributed by atoms with E-state index in [0.717, 1.165) is 22.6 Å². The van der Waals surface area contributed by atoms with Crippen LogP contribution in [0.2, 0.25) is 0 Å². The Bertz CT molecular complexity index is 948. The number of carbonyl (C=O) groups excluding carboxylic acids is 1. The molecule has 0 bridgehead atoms. The van der Waals surface area contributed by atoms with Crippen LogP contribution in [0.25, 0.3) is 0 Å². The van der Waals surface area contributed by atoms with E-state index in [1.54, 1.807) is 24.3 Å². The van der Waals surface area contributed by atoms with Crippen molar-refractivity contribution in [2.24, 2.45) is 0 Å². The molecule has 0 aliphatic rings. The van der Waals surface area contributed by atoms with E-state index in [4.69, 9.17) is 10.00 Å². The molecule has 0 fully saturated rings. The fourth-order valence-corrected chi connectivity index (χ4v) is 2.63. The molecule has 2 N–H and O–H groups in total. The van der Waals surface area contributed by atoms with Crippen molar-refractivity contribution in [2.45, 2.75) is 13.2 Å². The van der Waals surface area contributed by atoms with Crippen LogP contribution in [-0.4, -0.2) is 12.5 Å². The summed E-state index contributed by atoms with van der Waals surface area (Å²) < 4.78 is 5.91. The van der Waals surface area contributed by atoms with Crippen molar-refractivity contribution in [3.63, 3.8) is 0 Å². The summed E-state index contributed by atoms with van der Waals surface area (Å²) >= 11 is 0. The molecule has 3 aromatic rings. The monoisotopic (exact) mass is 371 g/mol. The van der Waals surface area contributed by atoms with Crippen molar-refractivity contribution < 1.29 is 9.53 Å². The SMILES string of the molecule is N#Cc1ccc(NCC(=O)NCc2ccccc2OCc2ccccc2)cc1. The van der Waals surface area contributed by atoms with E-state index in [2.05, 4.69) is 16.7 Å². The molecule has 1 amide bonds. The summed E-state index contributed by atoms with van der Waals surface area (Å²) in [6, 6.07) is 26.7. The quantitative estimate of drug-likeness (QED) is 0.630. The molecular formula is C23H21N3O2. The van der Waals surface area contributed by atoms with Crippen molar-refractivity contribution in [3.05, 3.63) is 95.6 Å². The number of hydrogen-bond donors (Lipinski definition) is 2. The Morgan fingerprint density at radius 2 is 1.64 bits per heavy atom. The number of ether oxygens (including phenoxy) is 1. The zero-order valence-corrected chi connectivity index (χ0v) is 15.4. The van der Waals surface area contributed by atoms with E-state index < -0.39 is 0 Å². The zero-order chi connectivity index (χ0) is 19.6. The Morgan fingerprint density at radius 3 is 2.39 bits per heavy atom. The second-order valence-corrected chi connectivity index (χ2v) is 6.20. The molecule has 3 rings (SSSR count). The summed E-state index contributed by atoms with van der Waals surface area (Å²) in [5, 5.41) is 14.7. The third-order valence-corrected chi connectivity index (χ3v) is 4.15. The fraction of sp³-hybridized carbons (Fsp3) is 0.130. The average Bonchev–Trinajstić information content (AvgIpc) is 2.76. The van der Waals surface area contributed by atoms with Gasteiger partial charge in [0.15, 0.2) is 0 Å². The molecule has 28 heavy (non-hydrogen) atoms. The van der Waals surface area contributed by atoms with Crippen LogP contribution in [0.5, 0.6) is 5.75 Å². The molecule has 5 heteroatoms. The maximum atomic E-state index is 12.1. The van der Waals surface area contributed by atoms with Crippen molar-refractivity contribution in [1.29, 1.82) is 5.26 Å². The maximum absolute atomic E-state index is 12.1. The van der Waals surface area contributed by atoms with Gasteiger partial charge in [0.25, 0.3) is 0 Å². The number of carbonyl (C=O) groups is 1. The van der Waals surface area contributed by atoms with Gasteiger partial charge in [-0.25, -0.2) is 0 Å². The fourth-order valence-electron chi connectivity index (χ4n) is 2.63. The van der Waals surface area contributed by atoms with Crippen LogP contribution in [0.4, 0.5) is 5.69 Å². The molecular weight excluding hydrogens is 350 g/mol. The molecule has 0 aromatic heterocycles. The number of anilines is 1. The number of hydrogen-bond acceptors (Lipinski definition) is 4. The van der Waals surface area contributed by atoms with Gasteiger partial charge in [0.1, 0.15) is 12.4 Å². The van der Waals surface area contributed by atoms with Gasteiger partial charge in [-0.05, 0) is 35.9 Å². The lowest BCUT2D eigenvalue weighted by Gasteiger charge is -2.13. The number of nitriles is 1. The second kappa shape index (κ2) is 9.79. The van der Waals surface area contributed by atoms with Gasteiger partial charge in [-0.15, -0.1) is 0 Å². The normalized spacial score (nSPS) is 9.96. The van der Waals surface area contributed by atoms with Gasteiger partial charge in [-0.2, -0.15) is 5.26 Å². The summed E-state index contributed by atoms with van der Waals surface area (Å²) in [5.74, 6) is 0.633. The largest absolute Gasteiger partial charge is 0.489 e. The summed E-state index contributed by atoms with van der Waals surface area (Å²) in [6.07, 6.45) is 0. The average molecular weight is 371 g/mol. The smallest absolute Gasteiger partial charge is 0.239 e. The van der Waals surface area contributed by atoms with E-state index in [9.17, 15) is 4.79 Å². The van der Waals surface area contributed by atoms with E-state index in [-0.39, 0.29) is 12.5 Å². The minimum Gasteiger partial charge on any atom is -0.489 e. The lowest BCUT2D eigenvalue weighted by atomic mass is 10.2. The Balaban J connectivity index is 1.49. The second-order valence-electron chi connectivity index (χ2n) is 6.20. The highest BCUT2D eigenvalue weighted by Crippen LogP contribution is 2.19. The first-order valence-electron chi connectivity index (χ1n) is 9.00. The van der Waals surface area contributed by atoms with Crippen LogP contribution in [0, 0.1) is 11.3 Å². The third-order valence-electron chi connectivity index (χ3n) is 4.15. The van der Waals surface area contributed by atoms with Gasteiger partial charge in [0.05, 0.1) is 18.2 Å². The number of amides is 1. The highest BCUT2D eigenvalue weighted by atomic mass is 16.5. The van der Waals surface area contributed by atoms with Crippen molar-refractivity contribution >= 4 is 11.6 Å². The van der Waals surface area contributed by atoms with Gasteiger partial charge in [-0.3, -0.25) is 4.79 Å². The summed E-state index contributed by atoms with van der Waals surface area (Å²) in [6.45, 7) is 1.02. The molecule has 0 heterocycles. The highest BCUT2D eigenvalue weighted by molar-refractivity contribution is 5.80. The summed E-state index contributed by atoms with van der Waals surface area (Å²) in [4.78, 5) is 12.1. The molecule has 0 atom stereocenters. The molecule has 0 aliphatic heterocycles. The Labute approximate surface area is 164 Å². The number of nitrogens with one attached hydrogen (secondary N) is 2. The minimum absolute atomic E-state index is 0.123. The molecule has 0 saturated heterocycles. The third kappa shape index (κ3) is 5.61. The number of benzene rings is 3. The van der Waals surface area contributed by atoms with E-state index in [1.807, 2.05) is 54.6 Å². The molecule has 0 aliphatic carbocycles. The Morgan fingerprint density at radius 1 is 0.929 bits per heavy atom. The van der Waals surface area contributed by atoms with Crippen molar-refractivity contribution in [3.8, 4) is 11.8 Å². The van der Waals surface area contributed by atoms with Gasteiger partial charge in [-0.1, -0.05) is 48.5 Å². The molecule has 0 unspecified atom stereocenters. The lowest BCUT2D eigenvalue weighted by molar-refractivity contribution is -0.119. The predicted molar refractivity (Wildman–Crippen MR) is 109 cm³/mol. The van der Waals surface area contributed by atoms with Crippen molar-refractivity contribution in [2.75, 3.05) is 11.9 Å². The topological polar surface area (TPSA) is 74.2 Å². The summed E-state index contributed by atoms with van der Waals surface area (Å²) in [5.41, 5.74) is 3.39. The van der Waals surface area contributed by atoms with Gasteiger partial charge < -0.3 is 15.4 Å². The highest BCUT2D eigenvalue weighted by Gasteiger charge is 2.06. The van der Waals surface area contributed by atoms with Crippen molar-refractivity contribution in [1.82, 2.24) is 5.32 Å². The van der Waals surface area contributed by atoms with Crippen LogP contribution in [0.1, 0.15) is 16.7 Å². The molecule has 0 saturated carbocycles. The molecule has 5 nitrogen and oxygen atoms in total. The predicted octanol–water partition coefficient (Wildman–Crippen LogP) is 3.87. The van der Waals surface area contributed by atoms with Crippen LogP contribution in [0.3, 0.4) is 0 Å². The molecule has 140 valence electrons. The van der Waals surface area contributed by atoms with E-state index >= 15 is 0 Å². The number of rotatable bonds is 8. The first kappa shape index (κ1) is 19.0. The molecule has 0 spiro atoms. The lowest BCUT2D eigenvalue weighted by Crippen LogP contribution is -2.29. The Kier molecular flexibility index (Phi) is 6.64. The molecule has 3 aromatic carbocycles. The minimum atomic E-state index is -0.123.